The van der Waals surface area contributed by atoms with Crippen molar-refractivity contribution in [3.8, 4) is 17.2 Å². The zero-order valence-corrected chi connectivity index (χ0v) is 13.7. The third-order valence-electron chi connectivity index (χ3n) is 4.14. The van der Waals surface area contributed by atoms with Crippen LogP contribution in [0.3, 0.4) is 0 Å². The standard InChI is InChI=1S/C19H17NO5/c1-20(9-12-2-5-16-18(6-12)24-11-23-16)10-13-7-19(22)25-17-8-14(21)3-4-15(13)17/h2-8,21H,9-11H2,1H3. The molecule has 2 aromatic carbocycles. The molecule has 0 aliphatic carbocycles. The Balaban J connectivity index is 1.57. The lowest BCUT2D eigenvalue weighted by Gasteiger charge is -2.18. The van der Waals surface area contributed by atoms with Crippen LogP contribution in [0, 0.1) is 0 Å². The Bertz CT molecular complexity index is 995. The Morgan fingerprint density at radius 2 is 1.88 bits per heavy atom. The van der Waals surface area contributed by atoms with Crippen molar-refractivity contribution in [2.24, 2.45) is 0 Å². The molecule has 4 rings (SSSR count). The third kappa shape index (κ3) is 3.16. The number of phenolic OH excluding ortho intramolecular Hbond substituents is 1. The van der Waals surface area contributed by atoms with Crippen LogP contribution in [0.2, 0.25) is 0 Å². The van der Waals surface area contributed by atoms with Gasteiger partial charge in [0.15, 0.2) is 11.5 Å². The summed E-state index contributed by atoms with van der Waals surface area (Å²) in [5.41, 5.74) is 1.91. The monoisotopic (exact) mass is 339 g/mol. The second-order valence-electron chi connectivity index (χ2n) is 6.13. The highest BCUT2D eigenvalue weighted by atomic mass is 16.7. The van der Waals surface area contributed by atoms with Gasteiger partial charge < -0.3 is 19.0 Å². The molecule has 0 spiro atoms. The fraction of sp³-hybridized carbons (Fsp3) is 0.211. The van der Waals surface area contributed by atoms with Gasteiger partial charge in [-0.2, -0.15) is 0 Å². The quantitative estimate of drug-likeness (QED) is 0.737. The van der Waals surface area contributed by atoms with E-state index in [4.69, 9.17) is 13.9 Å². The van der Waals surface area contributed by atoms with Crippen molar-refractivity contribution in [2.75, 3.05) is 13.8 Å². The second kappa shape index (κ2) is 6.14. The van der Waals surface area contributed by atoms with E-state index in [1.165, 1.54) is 12.1 Å². The van der Waals surface area contributed by atoms with Crippen molar-refractivity contribution in [3.63, 3.8) is 0 Å². The highest BCUT2D eigenvalue weighted by molar-refractivity contribution is 5.81. The molecule has 1 aliphatic heterocycles. The van der Waals surface area contributed by atoms with E-state index in [1.807, 2.05) is 25.2 Å². The van der Waals surface area contributed by atoms with E-state index in [9.17, 15) is 9.90 Å². The molecule has 0 fully saturated rings. The molecule has 25 heavy (non-hydrogen) atoms. The molecule has 3 aromatic rings. The van der Waals surface area contributed by atoms with Crippen molar-refractivity contribution in [1.29, 1.82) is 0 Å². The summed E-state index contributed by atoms with van der Waals surface area (Å²) in [7, 11) is 1.98. The fourth-order valence-electron chi connectivity index (χ4n) is 3.05. The average Bonchev–Trinajstić information content (AvgIpc) is 3.01. The van der Waals surface area contributed by atoms with E-state index < -0.39 is 5.63 Å². The van der Waals surface area contributed by atoms with E-state index in [-0.39, 0.29) is 12.5 Å². The number of ether oxygens (including phenoxy) is 2. The van der Waals surface area contributed by atoms with E-state index in [2.05, 4.69) is 4.90 Å². The van der Waals surface area contributed by atoms with Crippen LogP contribution in [-0.4, -0.2) is 23.8 Å². The van der Waals surface area contributed by atoms with Gasteiger partial charge in [0.1, 0.15) is 11.3 Å². The number of hydrogen-bond acceptors (Lipinski definition) is 6. The molecule has 1 N–H and O–H groups in total. The molecule has 0 bridgehead atoms. The summed E-state index contributed by atoms with van der Waals surface area (Å²) in [5.74, 6) is 1.59. The van der Waals surface area contributed by atoms with Gasteiger partial charge in [0.2, 0.25) is 6.79 Å². The minimum atomic E-state index is -0.426. The normalized spacial score (nSPS) is 12.9. The first-order valence-corrected chi connectivity index (χ1v) is 7.91. The zero-order chi connectivity index (χ0) is 17.4. The van der Waals surface area contributed by atoms with Gasteiger partial charge in [0, 0.05) is 30.6 Å². The smallest absolute Gasteiger partial charge is 0.336 e. The molecule has 6 heteroatoms. The van der Waals surface area contributed by atoms with Gasteiger partial charge in [0.25, 0.3) is 0 Å². The number of rotatable bonds is 4. The molecule has 0 amide bonds. The molecule has 1 aromatic heterocycles. The average molecular weight is 339 g/mol. The summed E-state index contributed by atoms with van der Waals surface area (Å²) in [6.45, 7) is 1.52. The fourth-order valence-corrected chi connectivity index (χ4v) is 3.05. The summed E-state index contributed by atoms with van der Waals surface area (Å²) >= 11 is 0. The van der Waals surface area contributed by atoms with Crippen LogP contribution in [0.4, 0.5) is 0 Å². The van der Waals surface area contributed by atoms with E-state index >= 15 is 0 Å². The zero-order valence-electron chi connectivity index (χ0n) is 13.7. The maximum atomic E-state index is 11.8. The van der Waals surface area contributed by atoms with Gasteiger partial charge in [-0.25, -0.2) is 4.79 Å². The number of phenols is 1. The SMILES string of the molecule is CN(Cc1ccc2c(c1)OCO2)Cc1cc(=O)oc2cc(O)ccc12. The highest BCUT2D eigenvalue weighted by Crippen LogP contribution is 2.33. The van der Waals surface area contributed by atoms with Crippen molar-refractivity contribution in [2.45, 2.75) is 13.1 Å². The lowest BCUT2D eigenvalue weighted by molar-refractivity contribution is 0.174. The van der Waals surface area contributed by atoms with Crippen molar-refractivity contribution in [3.05, 3.63) is 64.0 Å². The van der Waals surface area contributed by atoms with Crippen LogP contribution in [0.5, 0.6) is 17.2 Å². The molecule has 6 nitrogen and oxygen atoms in total. The predicted molar refractivity (Wildman–Crippen MR) is 91.9 cm³/mol. The lowest BCUT2D eigenvalue weighted by atomic mass is 10.1. The summed E-state index contributed by atoms with van der Waals surface area (Å²) in [6.07, 6.45) is 0. The topological polar surface area (TPSA) is 72.1 Å². The van der Waals surface area contributed by atoms with Crippen LogP contribution in [0.25, 0.3) is 11.0 Å². The molecule has 2 heterocycles. The van der Waals surface area contributed by atoms with Gasteiger partial charge in [-0.3, -0.25) is 4.90 Å². The van der Waals surface area contributed by atoms with Gasteiger partial charge in [-0.05, 0) is 42.4 Å². The van der Waals surface area contributed by atoms with Crippen molar-refractivity contribution in [1.82, 2.24) is 4.90 Å². The first-order chi connectivity index (χ1) is 12.1. The van der Waals surface area contributed by atoms with Crippen LogP contribution in [0.1, 0.15) is 11.1 Å². The second-order valence-corrected chi connectivity index (χ2v) is 6.13. The number of fused-ring (bicyclic) bond motifs is 2. The minimum Gasteiger partial charge on any atom is -0.508 e. The first kappa shape index (κ1) is 15.5. The number of nitrogens with zero attached hydrogens (tertiary/aromatic N) is 1. The van der Waals surface area contributed by atoms with Gasteiger partial charge in [-0.15, -0.1) is 0 Å². The molecule has 1 aliphatic rings. The molecule has 0 saturated carbocycles. The Morgan fingerprint density at radius 1 is 1.04 bits per heavy atom. The summed E-state index contributed by atoms with van der Waals surface area (Å²) in [4.78, 5) is 13.9. The van der Waals surface area contributed by atoms with Crippen LogP contribution >= 0.6 is 0 Å². The first-order valence-electron chi connectivity index (χ1n) is 7.91. The number of hydrogen-bond donors (Lipinski definition) is 1. The summed E-state index contributed by atoms with van der Waals surface area (Å²) < 4.78 is 15.9. The molecule has 0 saturated heterocycles. The number of benzene rings is 2. The van der Waals surface area contributed by atoms with E-state index in [1.54, 1.807) is 12.1 Å². The Hall–Kier alpha value is -2.99. The Labute approximate surface area is 143 Å². The molecule has 128 valence electrons. The van der Waals surface area contributed by atoms with Gasteiger partial charge >= 0.3 is 5.63 Å². The van der Waals surface area contributed by atoms with Crippen molar-refractivity contribution < 1.29 is 19.0 Å². The van der Waals surface area contributed by atoms with Gasteiger partial charge in [0.05, 0.1) is 0 Å². The highest BCUT2D eigenvalue weighted by Gasteiger charge is 2.14. The van der Waals surface area contributed by atoms with Gasteiger partial charge in [-0.1, -0.05) is 6.07 Å². The van der Waals surface area contributed by atoms with Crippen LogP contribution < -0.4 is 15.1 Å². The van der Waals surface area contributed by atoms with Crippen molar-refractivity contribution >= 4 is 11.0 Å². The molecule has 0 radical (unpaired) electrons. The maximum Gasteiger partial charge on any atom is 0.336 e. The Kier molecular flexibility index (Phi) is 3.82. The lowest BCUT2D eigenvalue weighted by Crippen LogP contribution is -2.18. The molecule has 0 unspecified atom stereocenters. The predicted octanol–water partition coefficient (Wildman–Crippen LogP) is 2.86. The number of aromatic hydroxyl groups is 1. The van der Waals surface area contributed by atoms with Crippen LogP contribution in [0.15, 0.2) is 51.7 Å². The van der Waals surface area contributed by atoms with Crippen LogP contribution in [-0.2, 0) is 13.1 Å². The molecular weight excluding hydrogens is 322 g/mol. The summed E-state index contributed by atoms with van der Waals surface area (Å²) in [5, 5.41) is 10.4. The summed E-state index contributed by atoms with van der Waals surface area (Å²) in [6, 6.07) is 12.2. The molecular formula is C19H17NO5. The molecule has 0 atom stereocenters. The minimum absolute atomic E-state index is 0.0708. The maximum absolute atomic E-state index is 11.8. The largest absolute Gasteiger partial charge is 0.508 e. The third-order valence-corrected chi connectivity index (χ3v) is 4.14. The Morgan fingerprint density at radius 3 is 2.76 bits per heavy atom. The van der Waals surface area contributed by atoms with E-state index in [0.717, 1.165) is 28.0 Å². The van der Waals surface area contributed by atoms with E-state index in [0.29, 0.717) is 18.7 Å².